The molecule has 0 aliphatic rings. The van der Waals surface area contributed by atoms with Crippen molar-refractivity contribution in [2.24, 2.45) is 0 Å². The van der Waals surface area contributed by atoms with Crippen LogP contribution in [0.2, 0.25) is 5.02 Å². The molecule has 0 saturated heterocycles. The number of rotatable bonds is 4. The van der Waals surface area contributed by atoms with Crippen LogP contribution in [0.25, 0.3) is 0 Å². The predicted octanol–water partition coefficient (Wildman–Crippen LogP) is 5.14. The highest BCUT2D eigenvalue weighted by Crippen LogP contribution is 2.28. The molecule has 2 aromatic carbocycles. The number of benzene rings is 2. The lowest BCUT2D eigenvalue weighted by atomic mass is 10.0. The van der Waals surface area contributed by atoms with Gasteiger partial charge in [0.2, 0.25) is 0 Å². The van der Waals surface area contributed by atoms with E-state index >= 15 is 0 Å². The lowest BCUT2D eigenvalue weighted by Crippen LogP contribution is -2.15. The number of hydrogen-bond donors (Lipinski definition) is 2. The molecule has 0 bridgehead atoms. The average Bonchev–Trinajstić information content (AvgIpc) is 2.64. The number of aliphatic hydroxyl groups excluding tert-OH is 1. The van der Waals surface area contributed by atoms with Crippen molar-refractivity contribution in [1.29, 1.82) is 0 Å². The molecule has 26 heavy (non-hydrogen) atoms. The largest absolute Gasteiger partial charge is 0.382 e. The maximum atomic E-state index is 12.6. The molecule has 6 heteroatoms. The number of para-hydroxylation sites is 1. The molecule has 0 aliphatic heterocycles. The third-order valence-corrected chi connectivity index (χ3v) is 4.89. The summed E-state index contributed by atoms with van der Waals surface area (Å²) < 4.78 is 0.914. The fourth-order valence-electron chi connectivity index (χ4n) is 2.52. The second-order valence-electron chi connectivity index (χ2n) is 5.77. The maximum Gasteiger partial charge on any atom is 0.257 e. The summed E-state index contributed by atoms with van der Waals surface area (Å²) in [7, 11) is 0. The Kier molecular flexibility index (Phi) is 5.71. The van der Waals surface area contributed by atoms with Crippen LogP contribution in [-0.4, -0.2) is 16.0 Å². The molecule has 1 amide bonds. The van der Waals surface area contributed by atoms with Crippen LogP contribution in [0.15, 0.2) is 65.1 Å². The normalized spacial score (nSPS) is 11.8. The lowest BCUT2D eigenvalue weighted by Gasteiger charge is -2.15. The quantitative estimate of drug-likeness (QED) is 0.601. The zero-order valence-corrected chi connectivity index (χ0v) is 16.3. The third-order valence-electron chi connectivity index (χ3n) is 3.89. The van der Waals surface area contributed by atoms with E-state index in [4.69, 9.17) is 11.6 Å². The molecule has 0 saturated carbocycles. The Hall–Kier alpha value is -2.21. The van der Waals surface area contributed by atoms with Crippen LogP contribution in [0.3, 0.4) is 0 Å². The zero-order chi connectivity index (χ0) is 18.7. The number of aryl methyl sites for hydroxylation is 1. The van der Waals surface area contributed by atoms with Gasteiger partial charge in [0, 0.05) is 10.2 Å². The van der Waals surface area contributed by atoms with Crippen molar-refractivity contribution in [3.8, 4) is 0 Å². The van der Waals surface area contributed by atoms with Crippen molar-refractivity contribution in [2.45, 2.75) is 13.0 Å². The summed E-state index contributed by atoms with van der Waals surface area (Å²) in [5, 5.41) is 13.7. The molecule has 4 nitrogen and oxygen atoms in total. The number of hydrogen-bond acceptors (Lipinski definition) is 3. The van der Waals surface area contributed by atoms with E-state index in [2.05, 4.69) is 26.2 Å². The third kappa shape index (κ3) is 4.12. The molecule has 1 aromatic heterocycles. The highest BCUT2D eigenvalue weighted by molar-refractivity contribution is 9.10. The molecule has 1 atom stereocenters. The van der Waals surface area contributed by atoms with Gasteiger partial charge in [0.1, 0.15) is 6.10 Å². The molecule has 1 heterocycles. The van der Waals surface area contributed by atoms with Crippen molar-refractivity contribution < 1.29 is 9.90 Å². The van der Waals surface area contributed by atoms with Crippen LogP contribution in [0.4, 0.5) is 5.69 Å². The molecular formula is C20H16BrClN2O2. The number of nitrogens with one attached hydrogen (secondary N) is 1. The van der Waals surface area contributed by atoms with E-state index in [1.807, 2.05) is 30.3 Å². The maximum absolute atomic E-state index is 12.6. The highest BCUT2D eigenvalue weighted by Gasteiger charge is 2.20. The summed E-state index contributed by atoms with van der Waals surface area (Å²) >= 11 is 9.65. The first-order chi connectivity index (χ1) is 12.5. The van der Waals surface area contributed by atoms with Crippen LogP contribution in [0.5, 0.6) is 0 Å². The van der Waals surface area contributed by atoms with Crippen molar-refractivity contribution in [1.82, 2.24) is 4.98 Å². The number of pyridine rings is 1. The monoisotopic (exact) mass is 430 g/mol. The number of aromatic nitrogens is 1. The molecule has 1 unspecified atom stereocenters. The van der Waals surface area contributed by atoms with E-state index in [9.17, 15) is 9.90 Å². The number of nitrogens with zero attached hydrogens (tertiary/aromatic N) is 1. The first-order valence-electron chi connectivity index (χ1n) is 7.92. The highest BCUT2D eigenvalue weighted by atomic mass is 79.9. The Labute approximate surface area is 165 Å². The molecule has 0 fully saturated rings. The fraction of sp³-hybridized carbons (Fsp3) is 0.100. The van der Waals surface area contributed by atoms with E-state index in [1.165, 1.54) is 6.07 Å². The Bertz CT molecular complexity index is 931. The first-order valence-corrected chi connectivity index (χ1v) is 9.10. The second kappa shape index (κ2) is 7.99. The second-order valence-corrected chi connectivity index (χ2v) is 7.06. The van der Waals surface area contributed by atoms with Crippen molar-refractivity contribution in [2.75, 3.05) is 5.32 Å². The van der Waals surface area contributed by atoms with Crippen LogP contribution in [0.1, 0.15) is 33.4 Å². The van der Waals surface area contributed by atoms with Gasteiger partial charge in [-0.1, -0.05) is 57.9 Å². The lowest BCUT2D eigenvalue weighted by molar-refractivity contribution is 0.102. The van der Waals surface area contributed by atoms with Gasteiger partial charge in [0.25, 0.3) is 5.91 Å². The van der Waals surface area contributed by atoms with E-state index in [0.717, 1.165) is 4.47 Å². The Balaban J connectivity index is 1.94. The molecular weight excluding hydrogens is 416 g/mol. The van der Waals surface area contributed by atoms with Crippen molar-refractivity contribution in [3.63, 3.8) is 0 Å². The summed E-state index contributed by atoms with van der Waals surface area (Å²) in [6, 6.07) is 17.9. The number of anilines is 1. The smallest absolute Gasteiger partial charge is 0.257 e. The van der Waals surface area contributed by atoms with Crippen LogP contribution in [0, 0.1) is 6.92 Å². The van der Waals surface area contributed by atoms with E-state index in [-0.39, 0.29) is 16.5 Å². The van der Waals surface area contributed by atoms with Gasteiger partial charge in [-0.05, 0) is 42.8 Å². The van der Waals surface area contributed by atoms with Crippen molar-refractivity contribution in [3.05, 3.63) is 92.7 Å². The first kappa shape index (κ1) is 18.6. The topological polar surface area (TPSA) is 62.2 Å². The molecule has 2 N–H and O–H groups in total. The Morgan fingerprint density at radius 2 is 1.81 bits per heavy atom. The van der Waals surface area contributed by atoms with Gasteiger partial charge in [-0.15, -0.1) is 0 Å². The number of aliphatic hydroxyl groups is 1. The standard InChI is InChI=1S/C20H16BrClN2O2/c1-12-18(22)16(20(26)24-15-5-3-2-4-6-15)11-17(23-12)19(25)13-7-9-14(21)10-8-13/h2-11,19,25H,1H3,(H,24,26). The van der Waals surface area contributed by atoms with Gasteiger partial charge in [0.15, 0.2) is 0 Å². The minimum absolute atomic E-state index is 0.269. The molecule has 0 aliphatic carbocycles. The average molecular weight is 432 g/mol. The van der Waals surface area contributed by atoms with Crippen molar-refractivity contribution >= 4 is 39.1 Å². The summed E-state index contributed by atoms with van der Waals surface area (Å²) in [5.41, 5.74) is 2.47. The summed E-state index contributed by atoms with van der Waals surface area (Å²) in [5.74, 6) is -0.351. The molecule has 132 valence electrons. The number of carbonyl (C=O) groups excluding carboxylic acids is 1. The fourth-order valence-corrected chi connectivity index (χ4v) is 2.97. The van der Waals surface area contributed by atoms with Gasteiger partial charge in [0.05, 0.1) is 22.0 Å². The summed E-state index contributed by atoms with van der Waals surface area (Å²) in [4.78, 5) is 17.0. The molecule has 0 radical (unpaired) electrons. The molecule has 3 rings (SSSR count). The minimum Gasteiger partial charge on any atom is -0.382 e. The summed E-state index contributed by atoms with van der Waals surface area (Å²) in [6.45, 7) is 1.71. The number of carbonyl (C=O) groups is 1. The molecule has 3 aromatic rings. The SMILES string of the molecule is Cc1nc(C(O)c2ccc(Br)cc2)cc(C(=O)Nc2ccccc2)c1Cl. The van der Waals surface area contributed by atoms with Gasteiger partial charge in [-0.2, -0.15) is 0 Å². The van der Waals surface area contributed by atoms with Gasteiger partial charge < -0.3 is 10.4 Å². The number of halogens is 2. The van der Waals surface area contributed by atoms with E-state index < -0.39 is 6.10 Å². The Morgan fingerprint density at radius 3 is 2.46 bits per heavy atom. The van der Waals surface area contributed by atoms with Gasteiger partial charge >= 0.3 is 0 Å². The Morgan fingerprint density at radius 1 is 1.15 bits per heavy atom. The van der Waals surface area contributed by atoms with Crippen LogP contribution < -0.4 is 5.32 Å². The van der Waals surface area contributed by atoms with Gasteiger partial charge in [-0.25, -0.2) is 0 Å². The molecule has 0 spiro atoms. The van der Waals surface area contributed by atoms with E-state index in [1.54, 1.807) is 31.2 Å². The van der Waals surface area contributed by atoms with Crippen LogP contribution >= 0.6 is 27.5 Å². The summed E-state index contributed by atoms with van der Waals surface area (Å²) in [6.07, 6.45) is -0.956. The van der Waals surface area contributed by atoms with Gasteiger partial charge in [-0.3, -0.25) is 9.78 Å². The zero-order valence-electron chi connectivity index (χ0n) is 13.9. The van der Waals surface area contributed by atoms with Crippen LogP contribution in [-0.2, 0) is 0 Å². The number of amides is 1. The predicted molar refractivity (Wildman–Crippen MR) is 107 cm³/mol. The minimum atomic E-state index is -0.956. The van der Waals surface area contributed by atoms with E-state index in [0.29, 0.717) is 22.6 Å².